The molecule has 1 saturated carbocycles. The number of carboxylic acids is 1. The van der Waals surface area contributed by atoms with Gasteiger partial charge in [0.2, 0.25) is 0 Å². The van der Waals surface area contributed by atoms with Crippen LogP contribution in [0.15, 0.2) is 0 Å². The first-order valence-corrected chi connectivity index (χ1v) is 8.22. The van der Waals surface area contributed by atoms with Gasteiger partial charge in [-0.3, -0.25) is 4.79 Å². The Bertz CT molecular complexity index is 402. The van der Waals surface area contributed by atoms with Crippen molar-refractivity contribution in [2.24, 2.45) is 0 Å². The van der Waals surface area contributed by atoms with Gasteiger partial charge in [-0.2, -0.15) is 17.4 Å². The maximum Gasteiger partial charge on any atom is 0.305 e. The van der Waals surface area contributed by atoms with Crippen LogP contribution < -0.4 is 4.72 Å². The third kappa shape index (κ3) is 4.74. The number of hydrogen-bond donors (Lipinski definition) is 2. The van der Waals surface area contributed by atoms with Crippen molar-refractivity contribution in [1.29, 1.82) is 0 Å². The van der Waals surface area contributed by atoms with Gasteiger partial charge in [-0.15, -0.1) is 0 Å². The van der Waals surface area contributed by atoms with E-state index in [0.717, 1.165) is 25.7 Å². The van der Waals surface area contributed by atoms with E-state index in [2.05, 4.69) is 4.72 Å². The molecule has 0 aromatic carbocycles. The van der Waals surface area contributed by atoms with Crippen LogP contribution in [0.5, 0.6) is 0 Å². The Balaban J connectivity index is 2.75. The van der Waals surface area contributed by atoms with Crippen LogP contribution in [0.25, 0.3) is 0 Å². The molecule has 1 aliphatic rings. The predicted octanol–water partition coefficient (Wildman–Crippen LogP) is 1.34. The van der Waals surface area contributed by atoms with Gasteiger partial charge in [0.25, 0.3) is 10.2 Å². The van der Waals surface area contributed by atoms with E-state index in [1.54, 1.807) is 0 Å². The molecule has 0 aromatic heterocycles. The average Bonchev–Trinajstić information content (AvgIpc) is 2.71. The molecule has 19 heavy (non-hydrogen) atoms. The van der Waals surface area contributed by atoms with Crippen molar-refractivity contribution in [1.82, 2.24) is 9.03 Å². The Kier molecular flexibility index (Phi) is 5.76. The quantitative estimate of drug-likeness (QED) is 0.707. The normalized spacial score (nSPS) is 18.9. The van der Waals surface area contributed by atoms with Crippen LogP contribution in [0.4, 0.5) is 0 Å². The van der Waals surface area contributed by atoms with E-state index >= 15 is 0 Å². The molecule has 0 unspecified atom stereocenters. The van der Waals surface area contributed by atoms with E-state index in [0.29, 0.717) is 19.4 Å². The standard InChI is InChI=1S/C12H24N2O4S/c1-3-4-9-14(2)19(17,18)13-12(10-11(15)16)7-5-6-8-12/h13H,3-10H2,1-2H3,(H,15,16). The third-order valence-corrected chi connectivity index (χ3v) is 5.33. The van der Waals surface area contributed by atoms with Crippen LogP contribution in [0.3, 0.4) is 0 Å². The Hall–Kier alpha value is -0.660. The van der Waals surface area contributed by atoms with Crippen LogP contribution in [0, 0.1) is 0 Å². The van der Waals surface area contributed by atoms with E-state index in [1.165, 1.54) is 11.4 Å². The molecule has 0 bridgehead atoms. The lowest BCUT2D eigenvalue weighted by Gasteiger charge is -2.30. The molecule has 0 spiro atoms. The van der Waals surface area contributed by atoms with Crippen molar-refractivity contribution >= 4 is 16.2 Å². The van der Waals surface area contributed by atoms with E-state index in [1.807, 2.05) is 6.92 Å². The maximum atomic E-state index is 12.2. The number of carbonyl (C=O) groups is 1. The number of hydrogen-bond acceptors (Lipinski definition) is 3. The molecule has 0 aromatic rings. The number of carboxylic acid groups (broad SMARTS) is 1. The minimum Gasteiger partial charge on any atom is -0.481 e. The summed E-state index contributed by atoms with van der Waals surface area (Å²) in [6.07, 6.45) is 4.50. The number of aliphatic carboxylic acids is 1. The fourth-order valence-corrected chi connectivity index (χ4v) is 3.86. The molecule has 1 aliphatic carbocycles. The summed E-state index contributed by atoms with van der Waals surface area (Å²) in [6.45, 7) is 2.45. The minimum atomic E-state index is -3.60. The van der Waals surface area contributed by atoms with Crippen molar-refractivity contribution in [2.75, 3.05) is 13.6 Å². The zero-order valence-corrected chi connectivity index (χ0v) is 12.5. The van der Waals surface area contributed by atoms with Crippen molar-refractivity contribution < 1.29 is 18.3 Å². The van der Waals surface area contributed by atoms with Gasteiger partial charge in [0.05, 0.1) is 6.42 Å². The summed E-state index contributed by atoms with van der Waals surface area (Å²) in [5, 5.41) is 8.97. The molecule has 0 heterocycles. The second-order valence-electron chi connectivity index (χ2n) is 5.34. The summed E-state index contributed by atoms with van der Waals surface area (Å²) in [5.74, 6) is -0.958. The van der Waals surface area contributed by atoms with E-state index in [9.17, 15) is 13.2 Å². The molecule has 1 rings (SSSR count). The molecule has 7 heteroatoms. The zero-order valence-electron chi connectivity index (χ0n) is 11.7. The first-order chi connectivity index (χ1) is 8.81. The van der Waals surface area contributed by atoms with Gasteiger partial charge in [-0.1, -0.05) is 26.2 Å². The SMILES string of the molecule is CCCCN(C)S(=O)(=O)NC1(CC(=O)O)CCCC1. The van der Waals surface area contributed by atoms with Crippen LogP contribution in [-0.2, 0) is 15.0 Å². The van der Waals surface area contributed by atoms with Gasteiger partial charge in [0, 0.05) is 19.1 Å². The smallest absolute Gasteiger partial charge is 0.305 e. The lowest BCUT2D eigenvalue weighted by atomic mass is 9.95. The Labute approximate surface area is 115 Å². The highest BCUT2D eigenvalue weighted by atomic mass is 32.2. The summed E-state index contributed by atoms with van der Waals surface area (Å²) >= 11 is 0. The predicted molar refractivity (Wildman–Crippen MR) is 73.0 cm³/mol. The lowest BCUT2D eigenvalue weighted by molar-refractivity contribution is -0.138. The molecule has 0 radical (unpaired) electrons. The maximum absolute atomic E-state index is 12.2. The molecule has 0 saturated heterocycles. The highest BCUT2D eigenvalue weighted by Gasteiger charge is 2.40. The van der Waals surface area contributed by atoms with Crippen molar-refractivity contribution in [2.45, 2.75) is 57.4 Å². The molecule has 6 nitrogen and oxygen atoms in total. The van der Waals surface area contributed by atoms with Crippen LogP contribution in [0.2, 0.25) is 0 Å². The van der Waals surface area contributed by atoms with Gasteiger partial charge in [0.15, 0.2) is 0 Å². The number of rotatable bonds is 8. The highest BCUT2D eigenvalue weighted by Crippen LogP contribution is 2.33. The summed E-state index contributed by atoms with van der Waals surface area (Å²) in [7, 11) is -2.07. The van der Waals surface area contributed by atoms with E-state index in [-0.39, 0.29) is 6.42 Å². The molecule has 0 amide bonds. The summed E-state index contributed by atoms with van der Waals surface area (Å²) < 4.78 is 28.3. The topological polar surface area (TPSA) is 86.7 Å². The second kappa shape index (κ2) is 6.67. The number of nitrogens with zero attached hydrogens (tertiary/aromatic N) is 1. The van der Waals surface area contributed by atoms with Gasteiger partial charge in [0.1, 0.15) is 0 Å². The average molecular weight is 292 g/mol. The van der Waals surface area contributed by atoms with Crippen molar-refractivity contribution in [3.8, 4) is 0 Å². The highest BCUT2D eigenvalue weighted by molar-refractivity contribution is 7.87. The molecule has 112 valence electrons. The van der Waals surface area contributed by atoms with Gasteiger partial charge in [-0.25, -0.2) is 0 Å². The summed E-state index contributed by atoms with van der Waals surface area (Å²) in [6, 6.07) is 0. The fourth-order valence-electron chi connectivity index (χ4n) is 2.51. The van der Waals surface area contributed by atoms with Gasteiger partial charge >= 0.3 is 5.97 Å². The minimum absolute atomic E-state index is 0.145. The molecular formula is C12H24N2O4S. The van der Waals surface area contributed by atoms with Gasteiger partial charge in [-0.05, 0) is 19.3 Å². The Morgan fingerprint density at radius 1 is 1.37 bits per heavy atom. The number of nitrogens with one attached hydrogen (secondary N) is 1. The summed E-state index contributed by atoms with van der Waals surface area (Å²) in [4.78, 5) is 10.9. The zero-order chi connectivity index (χ0) is 14.5. The van der Waals surface area contributed by atoms with Crippen LogP contribution in [0.1, 0.15) is 51.9 Å². The molecular weight excluding hydrogens is 268 g/mol. The number of unbranched alkanes of at least 4 members (excludes halogenated alkanes) is 1. The fraction of sp³-hybridized carbons (Fsp3) is 0.917. The van der Waals surface area contributed by atoms with Crippen LogP contribution >= 0.6 is 0 Å². The van der Waals surface area contributed by atoms with Crippen molar-refractivity contribution in [3.63, 3.8) is 0 Å². The molecule has 2 N–H and O–H groups in total. The third-order valence-electron chi connectivity index (χ3n) is 3.63. The molecule has 1 fully saturated rings. The van der Waals surface area contributed by atoms with E-state index < -0.39 is 21.7 Å². The molecule has 0 aliphatic heterocycles. The Morgan fingerprint density at radius 2 is 1.95 bits per heavy atom. The summed E-state index contributed by atoms with van der Waals surface area (Å²) in [5.41, 5.74) is -0.800. The van der Waals surface area contributed by atoms with E-state index in [4.69, 9.17) is 5.11 Å². The van der Waals surface area contributed by atoms with Gasteiger partial charge < -0.3 is 5.11 Å². The largest absolute Gasteiger partial charge is 0.481 e. The second-order valence-corrected chi connectivity index (χ2v) is 7.12. The lowest BCUT2D eigenvalue weighted by Crippen LogP contribution is -2.52. The van der Waals surface area contributed by atoms with Crippen LogP contribution in [-0.4, -0.2) is 42.9 Å². The monoisotopic (exact) mass is 292 g/mol. The Morgan fingerprint density at radius 3 is 2.42 bits per heavy atom. The molecule has 0 atom stereocenters. The first kappa shape index (κ1) is 16.4. The first-order valence-electron chi connectivity index (χ1n) is 6.78. The van der Waals surface area contributed by atoms with Crippen molar-refractivity contribution in [3.05, 3.63) is 0 Å².